The van der Waals surface area contributed by atoms with E-state index in [1.54, 1.807) is 0 Å². The summed E-state index contributed by atoms with van der Waals surface area (Å²) in [6.07, 6.45) is 1.98. The fourth-order valence-corrected chi connectivity index (χ4v) is 6.36. The number of rotatable bonds is 5. The molecule has 12 heteroatoms. The Hall–Kier alpha value is -3.84. The van der Waals surface area contributed by atoms with E-state index in [2.05, 4.69) is 33.2 Å². The molecular formula is C38H46ClIN4O6. The number of hydrogen-bond donors (Lipinski definition) is 2. The van der Waals surface area contributed by atoms with Crippen molar-refractivity contribution in [2.24, 2.45) is 0 Å². The number of amides is 4. The molecule has 5 rings (SSSR count). The molecule has 3 aromatic rings. The van der Waals surface area contributed by atoms with Gasteiger partial charge in [0.1, 0.15) is 23.3 Å². The van der Waals surface area contributed by atoms with Crippen LogP contribution in [0.5, 0.6) is 0 Å². The predicted octanol–water partition coefficient (Wildman–Crippen LogP) is 8.97. The zero-order valence-electron chi connectivity index (χ0n) is 29.4. The number of likely N-dealkylation sites (tertiary alicyclic amines) is 2. The fourth-order valence-electron chi connectivity index (χ4n) is 5.65. The Morgan fingerprint density at radius 2 is 1.18 bits per heavy atom. The van der Waals surface area contributed by atoms with Crippen LogP contribution in [0.1, 0.15) is 67.2 Å². The van der Waals surface area contributed by atoms with Gasteiger partial charge < -0.3 is 20.1 Å². The number of benzene rings is 3. The number of nitrogens with one attached hydrogen (secondary N) is 2. The average Bonchev–Trinajstić information content (AvgIpc) is 3.72. The lowest BCUT2D eigenvalue weighted by atomic mass is 10.0. The van der Waals surface area contributed by atoms with Crippen LogP contribution >= 0.6 is 34.2 Å². The maximum atomic E-state index is 13.0. The molecule has 0 aromatic heterocycles. The molecule has 2 fully saturated rings. The van der Waals surface area contributed by atoms with E-state index >= 15 is 0 Å². The van der Waals surface area contributed by atoms with Crippen LogP contribution in [0.2, 0.25) is 5.02 Å². The molecule has 0 radical (unpaired) electrons. The van der Waals surface area contributed by atoms with Gasteiger partial charge in [0.2, 0.25) is 11.8 Å². The van der Waals surface area contributed by atoms with Crippen LogP contribution in [0.3, 0.4) is 0 Å². The first kappa shape index (κ1) is 39.0. The maximum Gasteiger partial charge on any atom is 0.410 e. The molecule has 2 atom stereocenters. The topological polar surface area (TPSA) is 117 Å². The summed E-state index contributed by atoms with van der Waals surface area (Å²) in [4.78, 5) is 53.2. The molecule has 0 unspecified atom stereocenters. The van der Waals surface area contributed by atoms with E-state index in [0.717, 1.165) is 33.2 Å². The van der Waals surface area contributed by atoms with E-state index in [1.807, 2.05) is 114 Å². The van der Waals surface area contributed by atoms with Crippen molar-refractivity contribution >= 4 is 69.6 Å². The highest BCUT2D eigenvalue weighted by Gasteiger charge is 2.38. The largest absolute Gasteiger partial charge is 0.444 e. The molecule has 0 saturated carbocycles. The van der Waals surface area contributed by atoms with E-state index in [9.17, 15) is 19.2 Å². The van der Waals surface area contributed by atoms with E-state index in [1.165, 1.54) is 9.80 Å². The number of halogens is 2. The molecule has 2 N–H and O–H groups in total. The van der Waals surface area contributed by atoms with Crippen LogP contribution < -0.4 is 10.6 Å². The summed E-state index contributed by atoms with van der Waals surface area (Å²) >= 11 is 8.29. The first-order valence-electron chi connectivity index (χ1n) is 16.7. The van der Waals surface area contributed by atoms with E-state index in [0.29, 0.717) is 36.6 Å². The van der Waals surface area contributed by atoms with Gasteiger partial charge in [0.25, 0.3) is 0 Å². The number of nitrogens with zero attached hydrogens (tertiary/aromatic N) is 2. The first-order valence-corrected chi connectivity index (χ1v) is 18.2. The van der Waals surface area contributed by atoms with Crippen molar-refractivity contribution < 1.29 is 28.7 Å². The predicted molar refractivity (Wildman–Crippen MR) is 205 cm³/mol. The summed E-state index contributed by atoms with van der Waals surface area (Å²) in [5, 5.41) is 6.52. The number of ether oxygens (including phenoxy) is 2. The number of carbonyl (C=O) groups is 4. The van der Waals surface area contributed by atoms with Gasteiger partial charge in [-0.25, -0.2) is 9.59 Å². The van der Waals surface area contributed by atoms with E-state index in [-0.39, 0.29) is 11.8 Å². The van der Waals surface area contributed by atoms with Gasteiger partial charge in [0.15, 0.2) is 0 Å². The van der Waals surface area contributed by atoms with E-state index in [4.69, 9.17) is 21.1 Å². The van der Waals surface area contributed by atoms with Crippen molar-refractivity contribution in [3.8, 4) is 11.1 Å². The molecule has 268 valence electrons. The Kier molecular flexibility index (Phi) is 13.2. The van der Waals surface area contributed by atoms with Crippen LogP contribution in [0, 0.1) is 3.57 Å². The highest BCUT2D eigenvalue weighted by molar-refractivity contribution is 14.1. The van der Waals surface area contributed by atoms with Gasteiger partial charge in [-0.1, -0.05) is 54.1 Å². The number of carbonyl (C=O) groups excluding carboxylic acids is 4. The van der Waals surface area contributed by atoms with Crippen molar-refractivity contribution in [1.82, 2.24) is 9.80 Å². The Bertz CT molecular complexity index is 1690. The Balaban J connectivity index is 0.000000232. The lowest BCUT2D eigenvalue weighted by Gasteiger charge is -2.28. The smallest absolute Gasteiger partial charge is 0.410 e. The fraction of sp³-hybridized carbons (Fsp3) is 0.421. The highest BCUT2D eigenvalue weighted by Crippen LogP contribution is 2.31. The molecule has 0 bridgehead atoms. The third-order valence-electron chi connectivity index (χ3n) is 7.82. The molecule has 4 amide bonds. The van der Waals surface area contributed by atoms with Crippen molar-refractivity contribution in [1.29, 1.82) is 0 Å². The van der Waals surface area contributed by atoms with Crippen LogP contribution in [0.15, 0.2) is 72.8 Å². The number of para-hydroxylation sites is 2. The summed E-state index contributed by atoms with van der Waals surface area (Å²) in [7, 11) is 0. The summed E-state index contributed by atoms with van der Waals surface area (Å²) in [5.74, 6) is -0.370. The average molecular weight is 817 g/mol. The summed E-state index contributed by atoms with van der Waals surface area (Å²) < 4.78 is 11.8. The van der Waals surface area contributed by atoms with Crippen LogP contribution in [0.4, 0.5) is 21.0 Å². The molecule has 3 aromatic carbocycles. The van der Waals surface area contributed by atoms with Crippen LogP contribution in [-0.4, -0.2) is 70.2 Å². The summed E-state index contributed by atoms with van der Waals surface area (Å²) in [6.45, 7) is 12.0. The normalized spacial score (nSPS) is 17.4. The van der Waals surface area contributed by atoms with Gasteiger partial charge in [-0.2, -0.15) is 0 Å². The minimum absolute atomic E-state index is 0.160. The van der Waals surface area contributed by atoms with Crippen LogP contribution in [0.25, 0.3) is 11.1 Å². The molecule has 50 heavy (non-hydrogen) atoms. The van der Waals surface area contributed by atoms with Gasteiger partial charge in [-0.05, 0) is 126 Å². The van der Waals surface area contributed by atoms with Gasteiger partial charge >= 0.3 is 12.2 Å². The molecular weight excluding hydrogens is 771 g/mol. The number of anilines is 2. The second-order valence-corrected chi connectivity index (χ2v) is 15.8. The third-order valence-corrected chi connectivity index (χ3v) is 8.99. The molecule has 2 aliphatic heterocycles. The number of hydrogen-bond acceptors (Lipinski definition) is 6. The van der Waals surface area contributed by atoms with Gasteiger partial charge in [0.05, 0.1) is 5.69 Å². The molecule has 0 spiro atoms. The van der Waals surface area contributed by atoms with Crippen molar-refractivity contribution in [3.05, 3.63) is 81.4 Å². The quantitative estimate of drug-likeness (QED) is 0.249. The van der Waals surface area contributed by atoms with Gasteiger partial charge in [0, 0.05) is 32.9 Å². The second-order valence-electron chi connectivity index (χ2n) is 14.2. The van der Waals surface area contributed by atoms with Crippen molar-refractivity contribution in [2.75, 3.05) is 23.7 Å². The maximum absolute atomic E-state index is 13.0. The molecule has 10 nitrogen and oxygen atoms in total. The first-order chi connectivity index (χ1) is 23.5. The zero-order valence-corrected chi connectivity index (χ0v) is 32.3. The minimum atomic E-state index is -0.597. The van der Waals surface area contributed by atoms with E-state index < -0.39 is 35.5 Å². The van der Waals surface area contributed by atoms with Gasteiger partial charge in [-0.15, -0.1) is 0 Å². The lowest BCUT2D eigenvalue weighted by Crippen LogP contribution is -2.45. The van der Waals surface area contributed by atoms with Crippen LogP contribution in [-0.2, 0) is 19.1 Å². The molecule has 0 aliphatic carbocycles. The van der Waals surface area contributed by atoms with Crippen molar-refractivity contribution in [2.45, 2.75) is 90.5 Å². The molecule has 2 heterocycles. The monoisotopic (exact) mass is 816 g/mol. The zero-order chi connectivity index (χ0) is 36.6. The standard InChI is InChI=1S/C22H25ClN2O3.C16H21IN2O3/c1-22(2,3)28-21(27)25-13-7-12-19(25)20(26)24-18-11-5-4-10-17(18)15-8-6-9-16(23)14-15;1-16(2,3)22-15(21)19-10-6-9-13(19)14(20)18-12-8-5-4-7-11(12)17/h4-6,8-11,14,19H,7,12-13H2,1-3H3,(H,24,26);4-5,7-8,13H,6,9-10H2,1-3H3,(H,18,20)/t19-;13-/m00/s1. The Labute approximate surface area is 313 Å². The molecule has 2 aliphatic rings. The molecule has 2 saturated heterocycles. The SMILES string of the molecule is CC(C)(C)OC(=O)N1CCC[C@H]1C(=O)Nc1ccccc1-c1cccc(Cl)c1.CC(C)(C)OC(=O)N1CCC[C@H]1C(=O)Nc1ccccc1I. The van der Waals surface area contributed by atoms with Crippen molar-refractivity contribution in [3.63, 3.8) is 0 Å². The van der Waals surface area contributed by atoms with Gasteiger partial charge in [-0.3, -0.25) is 19.4 Å². The highest BCUT2D eigenvalue weighted by atomic mass is 127. The summed E-state index contributed by atoms with van der Waals surface area (Å²) in [5.41, 5.74) is 2.09. The minimum Gasteiger partial charge on any atom is -0.444 e. The summed E-state index contributed by atoms with van der Waals surface area (Å²) in [6, 6.07) is 21.6. The lowest BCUT2D eigenvalue weighted by molar-refractivity contribution is -0.121. The Morgan fingerprint density at radius 1 is 0.700 bits per heavy atom. The second kappa shape index (κ2) is 16.9. The third kappa shape index (κ3) is 11.1. The Morgan fingerprint density at radius 3 is 1.68 bits per heavy atom.